The highest BCUT2D eigenvalue weighted by Crippen LogP contribution is 2.30. The molecule has 2 heterocycles. The van der Waals surface area contributed by atoms with Gasteiger partial charge in [-0.2, -0.15) is 0 Å². The Morgan fingerprint density at radius 3 is 2.57 bits per heavy atom. The first-order valence-electron chi connectivity index (χ1n) is 8.75. The van der Waals surface area contributed by atoms with E-state index in [1.54, 1.807) is 0 Å². The summed E-state index contributed by atoms with van der Waals surface area (Å²) in [6.07, 6.45) is -5.07. The summed E-state index contributed by atoms with van der Waals surface area (Å²) in [5.74, 6) is -3.97. The van der Waals surface area contributed by atoms with Gasteiger partial charge in [0.2, 0.25) is 5.91 Å². The number of carbonyl (C=O) groups excluding carboxylic acids is 1. The molecule has 6 nitrogen and oxygen atoms in total. The van der Waals surface area contributed by atoms with Gasteiger partial charge in [0.05, 0.1) is 6.04 Å². The van der Waals surface area contributed by atoms with Crippen LogP contribution in [0.5, 0.6) is 0 Å². The summed E-state index contributed by atoms with van der Waals surface area (Å²) in [4.78, 5) is 21.0. The van der Waals surface area contributed by atoms with E-state index in [1.165, 1.54) is 13.8 Å². The average Bonchev–Trinajstić information content (AvgIpc) is 2.65. The largest absolute Gasteiger partial charge is 0.522 e. The zero-order chi connectivity index (χ0) is 22.2. The third-order valence-corrected chi connectivity index (χ3v) is 4.67. The van der Waals surface area contributed by atoms with Crippen LogP contribution in [0.2, 0.25) is 0 Å². The second-order valence-corrected chi connectivity index (χ2v) is 6.71. The fourth-order valence-corrected chi connectivity index (χ4v) is 3.03. The predicted molar refractivity (Wildman–Crippen MR) is 92.5 cm³/mol. The van der Waals surface area contributed by atoms with Crippen molar-refractivity contribution in [3.05, 3.63) is 42.0 Å². The molecular weight excluding hydrogens is 418 g/mol. The normalized spacial score (nSPS) is 19.9. The molecule has 2 aromatic rings. The third kappa shape index (κ3) is 4.48. The first kappa shape index (κ1) is 21.8. The molecule has 1 aliphatic rings. The number of hydrogen-bond acceptors (Lipinski definition) is 5. The molecule has 1 aromatic carbocycles. The molecule has 30 heavy (non-hydrogen) atoms. The number of aromatic nitrogens is 2. The Balaban J connectivity index is 1.72. The van der Waals surface area contributed by atoms with Crippen molar-refractivity contribution in [2.75, 3.05) is 11.9 Å². The number of carbonyl (C=O) groups is 1. The first-order valence-corrected chi connectivity index (χ1v) is 8.75. The molecule has 0 spiro atoms. The molecule has 1 amide bonds. The minimum absolute atomic E-state index is 0.274. The number of anilines is 1. The van der Waals surface area contributed by atoms with Crippen LogP contribution in [0.3, 0.4) is 0 Å². The quantitative estimate of drug-likeness (QED) is 0.730. The van der Waals surface area contributed by atoms with Gasteiger partial charge in [-0.3, -0.25) is 9.53 Å². The monoisotopic (exact) mass is 434 g/mol. The molecule has 3 atom stereocenters. The van der Waals surface area contributed by atoms with Crippen molar-refractivity contribution in [1.82, 2.24) is 14.9 Å². The van der Waals surface area contributed by atoms with Crippen LogP contribution >= 0.6 is 0 Å². The maximum Gasteiger partial charge on any atom is 0.522 e. The third-order valence-electron chi connectivity index (χ3n) is 4.67. The van der Waals surface area contributed by atoms with Crippen molar-refractivity contribution in [3.8, 4) is 11.3 Å². The van der Waals surface area contributed by atoms with Crippen molar-refractivity contribution in [2.45, 2.75) is 38.4 Å². The number of likely N-dealkylation sites (tertiary alicyclic amines) is 1. The standard InChI is InChI=1S/C18H16F6N4O2/c1-8(17(29)28-6-13(9(28)2)30-18(22,23)24)27-16-14(21)15(25-7-26-16)11-4-3-10(19)5-12(11)20/h3-5,7-9,13H,6H2,1-2H3,(H,25,26,27)/t8-,9+,13+/m1/s1. The van der Waals surface area contributed by atoms with Gasteiger partial charge in [0, 0.05) is 18.2 Å². The zero-order valence-electron chi connectivity index (χ0n) is 15.7. The van der Waals surface area contributed by atoms with Crippen molar-refractivity contribution < 1.29 is 35.9 Å². The summed E-state index contributed by atoms with van der Waals surface area (Å²) < 4.78 is 82.6. The van der Waals surface area contributed by atoms with E-state index in [0.717, 1.165) is 23.4 Å². The summed E-state index contributed by atoms with van der Waals surface area (Å²) in [5.41, 5.74) is -0.748. The van der Waals surface area contributed by atoms with Gasteiger partial charge >= 0.3 is 6.36 Å². The Labute approximate surface area is 166 Å². The Hall–Kier alpha value is -2.89. The van der Waals surface area contributed by atoms with Crippen LogP contribution in [0.25, 0.3) is 11.3 Å². The lowest BCUT2D eigenvalue weighted by atomic mass is 10.00. The van der Waals surface area contributed by atoms with Gasteiger partial charge in [-0.05, 0) is 26.0 Å². The van der Waals surface area contributed by atoms with E-state index in [-0.39, 0.29) is 12.1 Å². The predicted octanol–water partition coefficient (Wildman–Crippen LogP) is 3.50. The van der Waals surface area contributed by atoms with E-state index in [4.69, 9.17) is 0 Å². The molecule has 1 N–H and O–H groups in total. The van der Waals surface area contributed by atoms with Crippen LogP contribution < -0.4 is 5.32 Å². The van der Waals surface area contributed by atoms with Gasteiger partial charge in [-0.1, -0.05) is 0 Å². The molecule has 0 radical (unpaired) electrons. The van der Waals surface area contributed by atoms with E-state index < -0.39 is 59.4 Å². The first-order chi connectivity index (χ1) is 14.0. The van der Waals surface area contributed by atoms with E-state index in [9.17, 15) is 31.1 Å². The van der Waals surface area contributed by atoms with Crippen molar-refractivity contribution in [1.29, 1.82) is 0 Å². The highest BCUT2D eigenvalue weighted by molar-refractivity contribution is 5.85. The average molecular weight is 434 g/mol. The van der Waals surface area contributed by atoms with Gasteiger partial charge in [0.25, 0.3) is 0 Å². The summed E-state index contributed by atoms with van der Waals surface area (Å²) >= 11 is 0. The maximum absolute atomic E-state index is 14.8. The number of amides is 1. The summed E-state index contributed by atoms with van der Waals surface area (Å²) in [7, 11) is 0. The number of rotatable bonds is 5. The highest BCUT2D eigenvalue weighted by atomic mass is 19.4. The SMILES string of the molecule is C[C@@H](Nc1ncnc(-c2ccc(F)cc2F)c1F)C(=O)N1C[C@H](OC(F)(F)F)[C@@H]1C. The van der Waals surface area contributed by atoms with E-state index in [1.807, 2.05) is 0 Å². The summed E-state index contributed by atoms with van der Waals surface area (Å²) in [6, 6.07) is 0.624. The van der Waals surface area contributed by atoms with Crippen LogP contribution in [0.1, 0.15) is 13.8 Å². The van der Waals surface area contributed by atoms with Crippen LogP contribution in [-0.4, -0.2) is 51.9 Å². The van der Waals surface area contributed by atoms with Gasteiger partial charge < -0.3 is 10.2 Å². The second kappa shape index (κ2) is 8.09. The molecule has 0 saturated carbocycles. The molecule has 162 valence electrons. The Morgan fingerprint density at radius 1 is 1.27 bits per heavy atom. The smallest absolute Gasteiger partial charge is 0.356 e. The summed E-state index contributed by atoms with van der Waals surface area (Å²) in [5, 5.41) is 2.51. The lowest BCUT2D eigenvalue weighted by molar-refractivity contribution is -0.359. The number of hydrogen-bond donors (Lipinski definition) is 1. The minimum Gasteiger partial charge on any atom is -0.356 e. The van der Waals surface area contributed by atoms with Gasteiger partial charge in [-0.15, -0.1) is 13.2 Å². The number of nitrogens with zero attached hydrogens (tertiary/aromatic N) is 3. The molecule has 0 unspecified atom stereocenters. The molecule has 1 fully saturated rings. The minimum atomic E-state index is -4.81. The van der Waals surface area contributed by atoms with Crippen LogP contribution in [0, 0.1) is 17.5 Å². The number of halogens is 6. The van der Waals surface area contributed by atoms with Gasteiger partial charge in [0.1, 0.15) is 35.8 Å². The lowest BCUT2D eigenvalue weighted by Gasteiger charge is -2.46. The Bertz CT molecular complexity index is 955. The Morgan fingerprint density at radius 2 is 1.97 bits per heavy atom. The molecule has 1 aromatic heterocycles. The second-order valence-electron chi connectivity index (χ2n) is 6.71. The van der Waals surface area contributed by atoms with Crippen LogP contribution in [0.15, 0.2) is 24.5 Å². The van der Waals surface area contributed by atoms with Crippen molar-refractivity contribution in [3.63, 3.8) is 0 Å². The van der Waals surface area contributed by atoms with Crippen LogP contribution in [0.4, 0.5) is 32.2 Å². The Kier molecular flexibility index (Phi) is 5.88. The molecule has 0 aliphatic carbocycles. The number of ether oxygens (including phenoxy) is 1. The molecule has 1 saturated heterocycles. The highest BCUT2D eigenvalue weighted by Gasteiger charge is 2.46. The van der Waals surface area contributed by atoms with Crippen molar-refractivity contribution >= 4 is 11.7 Å². The molecule has 3 rings (SSSR count). The van der Waals surface area contributed by atoms with Crippen molar-refractivity contribution in [2.24, 2.45) is 0 Å². The zero-order valence-corrected chi connectivity index (χ0v) is 15.7. The topological polar surface area (TPSA) is 67.4 Å². The lowest BCUT2D eigenvalue weighted by Crippen LogP contribution is -2.65. The van der Waals surface area contributed by atoms with E-state index in [0.29, 0.717) is 6.07 Å². The molecule has 0 bridgehead atoms. The summed E-state index contributed by atoms with van der Waals surface area (Å²) in [6.45, 7) is 2.49. The number of alkyl halides is 3. The van der Waals surface area contributed by atoms with E-state index >= 15 is 0 Å². The van der Waals surface area contributed by atoms with E-state index in [2.05, 4.69) is 20.0 Å². The fourth-order valence-electron chi connectivity index (χ4n) is 3.03. The molecule has 12 heteroatoms. The number of benzene rings is 1. The molecule has 1 aliphatic heterocycles. The van der Waals surface area contributed by atoms with Gasteiger partial charge in [-0.25, -0.2) is 23.1 Å². The maximum atomic E-state index is 14.8. The van der Waals surface area contributed by atoms with Gasteiger partial charge in [0.15, 0.2) is 11.6 Å². The molecular formula is C18H16F6N4O2. The van der Waals surface area contributed by atoms with Crippen LogP contribution in [-0.2, 0) is 9.53 Å². The fraction of sp³-hybridized carbons (Fsp3) is 0.389. The number of nitrogens with one attached hydrogen (secondary N) is 1.